The van der Waals surface area contributed by atoms with Crippen LogP contribution in [0.2, 0.25) is 0 Å². The molecule has 0 aliphatic heterocycles. The van der Waals surface area contributed by atoms with E-state index in [0.717, 1.165) is 11.1 Å². The van der Waals surface area contributed by atoms with Gasteiger partial charge in [0.1, 0.15) is 11.8 Å². The van der Waals surface area contributed by atoms with E-state index < -0.39 is 5.82 Å². The van der Waals surface area contributed by atoms with Crippen molar-refractivity contribution in [3.8, 4) is 5.88 Å². The van der Waals surface area contributed by atoms with E-state index in [0.29, 0.717) is 6.42 Å². The Morgan fingerprint density at radius 2 is 1.95 bits per heavy atom. The minimum atomic E-state index is -0.491. The van der Waals surface area contributed by atoms with Gasteiger partial charge in [0.25, 0.3) is 5.88 Å². The Morgan fingerprint density at radius 3 is 2.60 bits per heavy atom. The molecule has 2 rings (SSSR count). The number of nitrogens with zero attached hydrogens (tertiary/aromatic N) is 2. The molecular weight excluding hydrogens is 283 g/mol. The standard InChI is InChI=1S/C14H12ClFN2O2/c15-13(18-19)8-10-3-5-11(6-4-10)9-20-14-12(16)2-1-7-17-14/h1-7,19H,8-9H2. The highest BCUT2D eigenvalue weighted by molar-refractivity contribution is 6.65. The van der Waals surface area contributed by atoms with Crippen LogP contribution in [0.5, 0.6) is 5.88 Å². The van der Waals surface area contributed by atoms with Gasteiger partial charge in [0.05, 0.1) is 0 Å². The molecule has 1 N–H and O–H groups in total. The number of oxime groups is 1. The molecule has 0 saturated carbocycles. The molecule has 0 atom stereocenters. The van der Waals surface area contributed by atoms with E-state index in [2.05, 4.69) is 10.1 Å². The molecule has 0 spiro atoms. The maximum atomic E-state index is 13.3. The average Bonchev–Trinajstić information content (AvgIpc) is 2.48. The zero-order valence-corrected chi connectivity index (χ0v) is 11.2. The summed E-state index contributed by atoms with van der Waals surface area (Å²) in [7, 11) is 0. The van der Waals surface area contributed by atoms with Crippen LogP contribution >= 0.6 is 11.6 Å². The molecule has 0 unspecified atom stereocenters. The minimum absolute atomic E-state index is 0.0213. The van der Waals surface area contributed by atoms with Crippen LogP contribution in [-0.4, -0.2) is 15.4 Å². The van der Waals surface area contributed by atoms with Crippen molar-refractivity contribution in [1.29, 1.82) is 0 Å². The summed E-state index contributed by atoms with van der Waals surface area (Å²) in [6.45, 7) is 0.218. The fourth-order valence-corrected chi connectivity index (χ4v) is 1.74. The third-order valence-corrected chi connectivity index (χ3v) is 2.79. The van der Waals surface area contributed by atoms with Crippen molar-refractivity contribution in [3.63, 3.8) is 0 Å². The van der Waals surface area contributed by atoms with Gasteiger partial charge in [-0.1, -0.05) is 41.0 Å². The lowest BCUT2D eigenvalue weighted by Gasteiger charge is -2.06. The average molecular weight is 295 g/mol. The van der Waals surface area contributed by atoms with Crippen molar-refractivity contribution < 1.29 is 14.3 Å². The lowest BCUT2D eigenvalue weighted by atomic mass is 10.1. The highest BCUT2D eigenvalue weighted by atomic mass is 35.5. The Kier molecular flexibility index (Phi) is 4.90. The lowest BCUT2D eigenvalue weighted by Crippen LogP contribution is -2.00. The highest BCUT2D eigenvalue weighted by Crippen LogP contribution is 2.14. The van der Waals surface area contributed by atoms with E-state index in [-0.39, 0.29) is 17.7 Å². The predicted molar refractivity (Wildman–Crippen MR) is 73.7 cm³/mol. The van der Waals surface area contributed by atoms with Crippen molar-refractivity contribution in [2.45, 2.75) is 13.0 Å². The van der Waals surface area contributed by atoms with Gasteiger partial charge in [-0.25, -0.2) is 9.37 Å². The van der Waals surface area contributed by atoms with E-state index in [1.54, 1.807) is 0 Å². The van der Waals surface area contributed by atoms with Crippen LogP contribution < -0.4 is 4.74 Å². The first-order valence-corrected chi connectivity index (χ1v) is 6.24. The summed E-state index contributed by atoms with van der Waals surface area (Å²) in [6, 6.07) is 10.1. The molecule has 0 radical (unpaired) electrons. The topological polar surface area (TPSA) is 54.7 Å². The SMILES string of the molecule is ON=C(Cl)Cc1ccc(COc2ncccc2F)cc1. The number of hydrogen-bond donors (Lipinski definition) is 1. The predicted octanol–water partition coefficient (Wildman–Crippen LogP) is 3.37. The number of benzene rings is 1. The largest absolute Gasteiger partial charge is 0.471 e. The molecule has 4 nitrogen and oxygen atoms in total. The second-order valence-electron chi connectivity index (χ2n) is 4.05. The molecule has 0 bridgehead atoms. The van der Waals surface area contributed by atoms with Crippen LogP contribution in [-0.2, 0) is 13.0 Å². The van der Waals surface area contributed by atoms with Gasteiger partial charge in [-0.2, -0.15) is 0 Å². The van der Waals surface area contributed by atoms with Gasteiger partial charge in [0.2, 0.25) is 0 Å². The summed E-state index contributed by atoms with van der Waals surface area (Å²) in [5.74, 6) is -0.512. The monoisotopic (exact) mass is 294 g/mol. The minimum Gasteiger partial charge on any atom is -0.471 e. The van der Waals surface area contributed by atoms with Crippen LogP contribution in [0.4, 0.5) is 4.39 Å². The Hall–Kier alpha value is -2.14. The van der Waals surface area contributed by atoms with Gasteiger partial charge in [0.15, 0.2) is 5.82 Å². The fourth-order valence-electron chi connectivity index (χ4n) is 1.59. The quantitative estimate of drug-likeness (QED) is 0.522. The molecule has 6 heteroatoms. The summed E-state index contributed by atoms with van der Waals surface area (Å²) in [5, 5.41) is 11.5. The number of ether oxygens (including phenoxy) is 1. The lowest BCUT2D eigenvalue weighted by molar-refractivity contribution is 0.277. The fraction of sp³-hybridized carbons (Fsp3) is 0.143. The van der Waals surface area contributed by atoms with Gasteiger partial charge in [-0.3, -0.25) is 0 Å². The van der Waals surface area contributed by atoms with Crippen LogP contribution in [0.15, 0.2) is 47.8 Å². The summed E-state index contributed by atoms with van der Waals surface area (Å²) in [4.78, 5) is 3.80. The van der Waals surface area contributed by atoms with Crippen LogP contribution in [0.25, 0.3) is 0 Å². The summed E-state index contributed by atoms with van der Waals surface area (Å²) in [6.07, 6.45) is 1.83. The Labute approximate surface area is 120 Å². The first-order chi connectivity index (χ1) is 9.69. The maximum Gasteiger partial charge on any atom is 0.250 e. The molecule has 0 amide bonds. The van der Waals surface area contributed by atoms with Crippen molar-refractivity contribution in [2.24, 2.45) is 5.16 Å². The molecule has 0 aliphatic rings. The van der Waals surface area contributed by atoms with Crippen molar-refractivity contribution in [2.75, 3.05) is 0 Å². The normalized spacial score (nSPS) is 11.4. The zero-order chi connectivity index (χ0) is 14.4. The Bertz CT molecular complexity index is 602. The van der Waals surface area contributed by atoms with Crippen LogP contribution in [0.3, 0.4) is 0 Å². The van der Waals surface area contributed by atoms with Crippen molar-refractivity contribution in [1.82, 2.24) is 4.98 Å². The Balaban J connectivity index is 1.96. The molecule has 2 aromatic rings. The van der Waals surface area contributed by atoms with Gasteiger partial charge in [0, 0.05) is 12.6 Å². The summed E-state index contributed by atoms with van der Waals surface area (Å²) >= 11 is 5.62. The molecule has 0 saturated heterocycles. The smallest absolute Gasteiger partial charge is 0.250 e. The third-order valence-electron chi connectivity index (χ3n) is 2.58. The molecule has 20 heavy (non-hydrogen) atoms. The van der Waals surface area contributed by atoms with Gasteiger partial charge in [-0.15, -0.1) is 0 Å². The number of aromatic nitrogens is 1. The van der Waals surface area contributed by atoms with E-state index in [1.165, 1.54) is 18.3 Å². The van der Waals surface area contributed by atoms with E-state index >= 15 is 0 Å². The van der Waals surface area contributed by atoms with Gasteiger partial charge < -0.3 is 9.94 Å². The highest BCUT2D eigenvalue weighted by Gasteiger charge is 2.04. The molecule has 0 fully saturated rings. The zero-order valence-electron chi connectivity index (χ0n) is 10.5. The molecular formula is C14H12ClFN2O2. The second kappa shape index (κ2) is 6.86. The van der Waals surface area contributed by atoms with Crippen LogP contribution in [0.1, 0.15) is 11.1 Å². The van der Waals surface area contributed by atoms with Gasteiger partial charge >= 0.3 is 0 Å². The molecule has 1 aromatic carbocycles. The van der Waals surface area contributed by atoms with Crippen LogP contribution in [0, 0.1) is 5.82 Å². The second-order valence-corrected chi connectivity index (χ2v) is 4.48. The van der Waals surface area contributed by atoms with Crippen molar-refractivity contribution in [3.05, 3.63) is 59.5 Å². The molecule has 0 aliphatic carbocycles. The number of rotatable bonds is 5. The molecule has 1 aromatic heterocycles. The molecule has 1 heterocycles. The summed E-state index contributed by atoms with van der Waals surface area (Å²) in [5.41, 5.74) is 1.77. The van der Waals surface area contributed by atoms with E-state index in [9.17, 15) is 4.39 Å². The summed E-state index contributed by atoms with van der Waals surface area (Å²) < 4.78 is 18.6. The van der Waals surface area contributed by atoms with E-state index in [1.807, 2.05) is 24.3 Å². The first-order valence-electron chi connectivity index (χ1n) is 5.86. The number of pyridine rings is 1. The molecule has 104 valence electrons. The van der Waals surface area contributed by atoms with E-state index in [4.69, 9.17) is 21.5 Å². The number of hydrogen-bond acceptors (Lipinski definition) is 4. The van der Waals surface area contributed by atoms with Crippen molar-refractivity contribution >= 4 is 16.8 Å². The Morgan fingerprint density at radius 1 is 1.25 bits per heavy atom. The number of halogens is 2. The maximum absolute atomic E-state index is 13.3. The van der Waals surface area contributed by atoms with Gasteiger partial charge in [-0.05, 0) is 23.3 Å². The first kappa shape index (κ1) is 14.3. The third kappa shape index (κ3) is 3.93.